The maximum atomic E-state index is 12.0. The minimum atomic E-state index is -3.03. The van der Waals surface area contributed by atoms with Crippen LogP contribution in [0.4, 0.5) is 0 Å². The molecule has 102 valence electrons. The van der Waals surface area contributed by atoms with Crippen molar-refractivity contribution < 1.29 is 8.42 Å². The third-order valence-electron chi connectivity index (χ3n) is 4.58. The van der Waals surface area contributed by atoms with Gasteiger partial charge in [-0.3, -0.25) is 0 Å². The number of nitrogens with zero attached hydrogens (tertiary/aromatic N) is 1. The molecule has 4 heteroatoms. The van der Waals surface area contributed by atoms with E-state index in [1.54, 1.807) is 11.2 Å². The summed E-state index contributed by atoms with van der Waals surface area (Å²) in [6, 6.07) is 0. The number of hydrogen-bond donors (Lipinski definition) is 0. The van der Waals surface area contributed by atoms with Crippen LogP contribution in [0.25, 0.3) is 0 Å². The number of rotatable bonds is 4. The van der Waals surface area contributed by atoms with Gasteiger partial charge in [0, 0.05) is 13.1 Å². The Morgan fingerprint density at radius 3 is 2.12 bits per heavy atom. The molecular formula is C13H27NO2S. The van der Waals surface area contributed by atoms with Crippen LogP contribution in [0.3, 0.4) is 0 Å². The third-order valence-corrected chi connectivity index (χ3v) is 6.41. The Bertz CT molecular complexity index is 338. The van der Waals surface area contributed by atoms with E-state index in [1.807, 2.05) is 0 Å². The van der Waals surface area contributed by atoms with Crippen molar-refractivity contribution in [2.45, 2.75) is 47.5 Å². The molecule has 0 spiro atoms. The molecule has 0 aromatic carbocycles. The first-order valence-corrected chi connectivity index (χ1v) is 8.35. The highest BCUT2D eigenvalue weighted by Gasteiger charge is 2.43. The Balaban J connectivity index is 2.98. The zero-order valence-electron chi connectivity index (χ0n) is 11.9. The van der Waals surface area contributed by atoms with E-state index in [0.29, 0.717) is 24.9 Å². The van der Waals surface area contributed by atoms with Gasteiger partial charge in [0.2, 0.25) is 10.0 Å². The largest absolute Gasteiger partial charge is 0.213 e. The zero-order chi connectivity index (χ0) is 13.3. The molecule has 0 N–H and O–H groups in total. The average Bonchev–Trinajstić information content (AvgIpc) is 2.28. The van der Waals surface area contributed by atoms with E-state index in [0.717, 1.165) is 12.8 Å². The number of hydrogen-bond acceptors (Lipinski definition) is 2. The van der Waals surface area contributed by atoms with E-state index in [-0.39, 0.29) is 11.2 Å². The SMILES string of the molecule is CCS(=O)(=O)N1CCCC(C(C)C)(C(C)C)C1. The fourth-order valence-corrected chi connectivity index (χ4v) is 4.31. The lowest BCUT2D eigenvalue weighted by Crippen LogP contribution is -2.51. The second-order valence-corrected chi connectivity index (χ2v) is 8.14. The van der Waals surface area contributed by atoms with Crippen molar-refractivity contribution in [2.75, 3.05) is 18.8 Å². The van der Waals surface area contributed by atoms with Crippen molar-refractivity contribution in [2.24, 2.45) is 17.3 Å². The number of piperidine rings is 1. The van der Waals surface area contributed by atoms with E-state index in [4.69, 9.17) is 0 Å². The lowest BCUT2D eigenvalue weighted by molar-refractivity contribution is 0.0398. The van der Waals surface area contributed by atoms with Crippen LogP contribution in [0, 0.1) is 17.3 Å². The van der Waals surface area contributed by atoms with E-state index in [2.05, 4.69) is 27.7 Å². The van der Waals surface area contributed by atoms with Gasteiger partial charge in [0.15, 0.2) is 0 Å². The summed E-state index contributed by atoms with van der Waals surface area (Å²) in [5, 5.41) is 0. The highest BCUT2D eigenvalue weighted by Crippen LogP contribution is 2.44. The Morgan fingerprint density at radius 2 is 1.71 bits per heavy atom. The Labute approximate surface area is 107 Å². The first kappa shape index (κ1) is 15.0. The average molecular weight is 261 g/mol. The third kappa shape index (κ3) is 2.84. The lowest BCUT2D eigenvalue weighted by atomic mass is 9.65. The van der Waals surface area contributed by atoms with Gasteiger partial charge in [-0.25, -0.2) is 12.7 Å². The molecule has 1 saturated heterocycles. The monoisotopic (exact) mass is 261 g/mol. The molecule has 0 saturated carbocycles. The van der Waals surface area contributed by atoms with Gasteiger partial charge in [-0.2, -0.15) is 0 Å². The molecule has 0 aliphatic carbocycles. The van der Waals surface area contributed by atoms with Crippen molar-refractivity contribution in [3.8, 4) is 0 Å². The summed E-state index contributed by atoms with van der Waals surface area (Å²) in [7, 11) is -3.03. The summed E-state index contributed by atoms with van der Waals surface area (Å²) in [5.41, 5.74) is 0.153. The van der Waals surface area contributed by atoms with Crippen LogP contribution in [0.5, 0.6) is 0 Å². The normalized spacial score (nSPS) is 22.3. The topological polar surface area (TPSA) is 37.4 Å². The van der Waals surface area contributed by atoms with Gasteiger partial charge in [0.05, 0.1) is 5.75 Å². The van der Waals surface area contributed by atoms with Gasteiger partial charge in [0.1, 0.15) is 0 Å². The van der Waals surface area contributed by atoms with Crippen LogP contribution in [0.2, 0.25) is 0 Å². The Kier molecular flexibility index (Phi) is 4.64. The standard InChI is InChI=1S/C13H27NO2S/c1-6-17(15,16)14-9-7-8-13(10-14,11(2)3)12(4)5/h11-12H,6-10H2,1-5H3. The summed E-state index contributed by atoms with van der Waals surface area (Å²) in [6.07, 6.45) is 2.15. The molecule has 0 bridgehead atoms. The molecule has 1 rings (SSSR count). The molecular weight excluding hydrogens is 234 g/mol. The maximum absolute atomic E-state index is 12.0. The van der Waals surface area contributed by atoms with Gasteiger partial charge in [-0.1, -0.05) is 27.7 Å². The fraction of sp³-hybridized carbons (Fsp3) is 1.00. The van der Waals surface area contributed by atoms with Gasteiger partial charge in [0.25, 0.3) is 0 Å². The molecule has 1 aliphatic rings. The Morgan fingerprint density at radius 1 is 1.18 bits per heavy atom. The summed E-state index contributed by atoms with van der Waals surface area (Å²) >= 11 is 0. The van der Waals surface area contributed by atoms with Gasteiger partial charge < -0.3 is 0 Å². The molecule has 1 fully saturated rings. The van der Waals surface area contributed by atoms with Gasteiger partial charge >= 0.3 is 0 Å². The Hall–Kier alpha value is -0.0900. The summed E-state index contributed by atoms with van der Waals surface area (Å²) < 4.78 is 25.7. The molecule has 0 radical (unpaired) electrons. The molecule has 1 heterocycles. The van der Waals surface area contributed by atoms with E-state index in [1.165, 1.54) is 0 Å². The maximum Gasteiger partial charge on any atom is 0.213 e. The van der Waals surface area contributed by atoms with Crippen LogP contribution >= 0.6 is 0 Å². The minimum absolute atomic E-state index is 0.153. The van der Waals surface area contributed by atoms with E-state index < -0.39 is 10.0 Å². The number of sulfonamides is 1. The van der Waals surface area contributed by atoms with Gasteiger partial charge in [-0.05, 0) is 37.0 Å². The molecule has 0 aromatic heterocycles. The quantitative estimate of drug-likeness (QED) is 0.780. The molecule has 3 nitrogen and oxygen atoms in total. The van der Waals surface area contributed by atoms with Crippen molar-refractivity contribution in [3.05, 3.63) is 0 Å². The molecule has 1 aliphatic heterocycles. The summed E-state index contributed by atoms with van der Waals surface area (Å²) in [4.78, 5) is 0. The van der Waals surface area contributed by atoms with Crippen molar-refractivity contribution in [1.82, 2.24) is 4.31 Å². The first-order chi connectivity index (χ1) is 7.76. The van der Waals surface area contributed by atoms with E-state index >= 15 is 0 Å². The fourth-order valence-electron chi connectivity index (χ4n) is 3.10. The predicted molar refractivity (Wildman–Crippen MR) is 72.4 cm³/mol. The van der Waals surface area contributed by atoms with Crippen LogP contribution in [-0.2, 0) is 10.0 Å². The molecule has 17 heavy (non-hydrogen) atoms. The van der Waals surface area contributed by atoms with Gasteiger partial charge in [-0.15, -0.1) is 0 Å². The van der Waals surface area contributed by atoms with Crippen LogP contribution in [0.15, 0.2) is 0 Å². The van der Waals surface area contributed by atoms with Crippen molar-refractivity contribution in [1.29, 1.82) is 0 Å². The highest BCUT2D eigenvalue weighted by molar-refractivity contribution is 7.89. The molecule has 0 atom stereocenters. The van der Waals surface area contributed by atoms with E-state index in [9.17, 15) is 8.42 Å². The van der Waals surface area contributed by atoms with Crippen molar-refractivity contribution >= 4 is 10.0 Å². The zero-order valence-corrected chi connectivity index (χ0v) is 12.7. The minimum Gasteiger partial charge on any atom is -0.212 e. The van der Waals surface area contributed by atoms with Crippen LogP contribution < -0.4 is 0 Å². The molecule has 0 unspecified atom stereocenters. The van der Waals surface area contributed by atoms with Crippen molar-refractivity contribution in [3.63, 3.8) is 0 Å². The molecule has 0 aromatic rings. The first-order valence-electron chi connectivity index (χ1n) is 6.74. The van der Waals surface area contributed by atoms with Crippen LogP contribution in [-0.4, -0.2) is 31.6 Å². The summed E-state index contributed by atoms with van der Waals surface area (Å²) in [6.45, 7) is 12.0. The highest BCUT2D eigenvalue weighted by atomic mass is 32.2. The lowest BCUT2D eigenvalue weighted by Gasteiger charge is -2.48. The predicted octanol–water partition coefficient (Wildman–Crippen LogP) is 2.73. The summed E-state index contributed by atoms with van der Waals surface area (Å²) in [5.74, 6) is 1.27. The second-order valence-electron chi connectivity index (χ2n) is 5.88. The smallest absolute Gasteiger partial charge is 0.212 e. The molecule has 0 amide bonds. The second kappa shape index (κ2) is 5.27. The van der Waals surface area contributed by atoms with Crippen LogP contribution in [0.1, 0.15) is 47.5 Å².